The number of hydrogen-bond donors (Lipinski definition) is 0. The Bertz CT molecular complexity index is 1100. The second kappa shape index (κ2) is 10.3. The molecule has 0 aromatic heterocycles. The second-order valence-electron chi connectivity index (χ2n) is 7.63. The molecular weight excluding hydrogens is 448 g/mol. The summed E-state index contributed by atoms with van der Waals surface area (Å²) in [6.07, 6.45) is 0.867. The molecule has 1 aliphatic heterocycles. The molecule has 2 aromatic rings. The minimum Gasteiger partial charge on any atom is -0.493 e. The van der Waals surface area contributed by atoms with Crippen LogP contribution in [0.1, 0.15) is 12.8 Å². The van der Waals surface area contributed by atoms with Gasteiger partial charge in [0, 0.05) is 43.9 Å². The van der Waals surface area contributed by atoms with E-state index in [0.717, 1.165) is 0 Å². The van der Waals surface area contributed by atoms with E-state index >= 15 is 0 Å². The minimum absolute atomic E-state index is 0.0645. The monoisotopic (exact) mass is 478 g/mol. The van der Waals surface area contributed by atoms with Crippen LogP contribution in [0.2, 0.25) is 0 Å². The van der Waals surface area contributed by atoms with Gasteiger partial charge in [-0.1, -0.05) is 0 Å². The van der Waals surface area contributed by atoms with Crippen LogP contribution in [0.25, 0.3) is 0 Å². The number of carbonyl (C=O) groups is 1. The van der Waals surface area contributed by atoms with Crippen molar-refractivity contribution in [2.24, 2.45) is 5.92 Å². The third-order valence-electron chi connectivity index (χ3n) is 5.88. The molecule has 0 unspecified atom stereocenters. The molecule has 0 bridgehead atoms. The average Bonchev–Trinajstić information content (AvgIpc) is 2.86. The van der Waals surface area contributed by atoms with Crippen molar-refractivity contribution in [2.75, 3.05) is 53.5 Å². The number of nitrogens with zero attached hydrogens (tertiary/aromatic N) is 2. The molecule has 1 saturated heterocycles. The summed E-state index contributed by atoms with van der Waals surface area (Å²) in [6.45, 7) is 0.514. The van der Waals surface area contributed by atoms with Crippen molar-refractivity contribution in [3.8, 4) is 23.0 Å². The maximum absolute atomic E-state index is 13.1. The van der Waals surface area contributed by atoms with Crippen LogP contribution in [0, 0.1) is 5.92 Å². The highest BCUT2D eigenvalue weighted by molar-refractivity contribution is 7.89. The molecule has 1 fully saturated rings. The number of ether oxygens (including phenoxy) is 4. The quantitative estimate of drug-likeness (QED) is 0.576. The maximum Gasteiger partial charge on any atom is 0.243 e. The summed E-state index contributed by atoms with van der Waals surface area (Å²) in [4.78, 5) is 14.8. The molecule has 1 amide bonds. The summed E-state index contributed by atoms with van der Waals surface area (Å²) in [5.41, 5.74) is 0.679. The molecule has 0 saturated carbocycles. The molecule has 1 heterocycles. The highest BCUT2D eigenvalue weighted by Crippen LogP contribution is 2.34. The number of benzene rings is 2. The summed E-state index contributed by atoms with van der Waals surface area (Å²) in [6, 6.07) is 9.80. The summed E-state index contributed by atoms with van der Waals surface area (Å²) in [5, 5.41) is 0. The van der Waals surface area contributed by atoms with Crippen LogP contribution in [-0.2, 0) is 14.8 Å². The molecule has 0 spiro atoms. The second-order valence-corrected chi connectivity index (χ2v) is 9.57. The van der Waals surface area contributed by atoms with Gasteiger partial charge in [0.05, 0.1) is 33.3 Å². The summed E-state index contributed by atoms with van der Waals surface area (Å²) in [7, 11) is 4.03. The van der Waals surface area contributed by atoms with Crippen LogP contribution in [0.5, 0.6) is 23.0 Å². The van der Waals surface area contributed by atoms with Gasteiger partial charge in [0.1, 0.15) is 0 Å². The Kier molecular flexibility index (Phi) is 7.70. The Morgan fingerprint density at radius 1 is 0.848 bits per heavy atom. The maximum atomic E-state index is 13.1. The Balaban J connectivity index is 1.69. The summed E-state index contributed by atoms with van der Waals surface area (Å²) >= 11 is 0. The van der Waals surface area contributed by atoms with Crippen molar-refractivity contribution in [1.29, 1.82) is 0 Å². The van der Waals surface area contributed by atoms with Crippen molar-refractivity contribution in [3.63, 3.8) is 0 Å². The van der Waals surface area contributed by atoms with Gasteiger partial charge in [-0.2, -0.15) is 4.31 Å². The smallest absolute Gasteiger partial charge is 0.243 e. The molecule has 1 aliphatic rings. The molecule has 0 atom stereocenters. The first-order valence-electron chi connectivity index (χ1n) is 10.5. The average molecular weight is 479 g/mol. The molecule has 2 aromatic carbocycles. The van der Waals surface area contributed by atoms with Gasteiger partial charge >= 0.3 is 0 Å². The van der Waals surface area contributed by atoms with Gasteiger partial charge in [0.2, 0.25) is 15.9 Å². The molecule has 0 radical (unpaired) electrons. The molecule has 33 heavy (non-hydrogen) atoms. The molecule has 0 aliphatic carbocycles. The lowest BCUT2D eigenvalue weighted by atomic mass is 9.96. The summed E-state index contributed by atoms with van der Waals surface area (Å²) < 4.78 is 48.7. The fourth-order valence-corrected chi connectivity index (χ4v) is 5.39. The third-order valence-corrected chi connectivity index (χ3v) is 7.78. The highest BCUT2D eigenvalue weighted by atomic mass is 32.2. The van der Waals surface area contributed by atoms with Crippen LogP contribution in [0.4, 0.5) is 5.69 Å². The van der Waals surface area contributed by atoms with Crippen LogP contribution < -0.4 is 23.8 Å². The van der Waals surface area contributed by atoms with E-state index in [4.69, 9.17) is 18.9 Å². The first-order valence-corrected chi connectivity index (χ1v) is 11.9. The topological polar surface area (TPSA) is 94.6 Å². The largest absolute Gasteiger partial charge is 0.493 e. The van der Waals surface area contributed by atoms with Crippen molar-refractivity contribution >= 4 is 21.6 Å². The van der Waals surface area contributed by atoms with E-state index in [2.05, 4.69) is 0 Å². The summed E-state index contributed by atoms with van der Waals surface area (Å²) in [5.74, 6) is 1.57. The standard InChI is InChI=1S/C23H30N2O7S/c1-24(17-6-8-19(29-2)21(14-17)31-4)23(26)16-10-12-25(13-11-16)33(27,28)18-7-9-20(30-3)22(15-18)32-5/h6-9,14-16H,10-13H2,1-5H3. The van der Waals surface area contributed by atoms with Crippen molar-refractivity contribution in [3.05, 3.63) is 36.4 Å². The lowest BCUT2D eigenvalue weighted by Gasteiger charge is -2.32. The zero-order valence-corrected chi connectivity index (χ0v) is 20.3. The number of amides is 1. The van der Waals surface area contributed by atoms with Gasteiger partial charge in [-0.25, -0.2) is 8.42 Å². The number of carbonyl (C=O) groups excluding carboxylic acids is 1. The Morgan fingerprint density at radius 2 is 1.36 bits per heavy atom. The number of sulfonamides is 1. The molecule has 10 heteroatoms. The van der Waals surface area contributed by atoms with Gasteiger partial charge < -0.3 is 23.8 Å². The SMILES string of the molecule is COc1ccc(N(C)C(=O)C2CCN(S(=O)(=O)c3ccc(OC)c(OC)c3)CC2)cc1OC. The highest BCUT2D eigenvalue weighted by Gasteiger charge is 2.34. The number of anilines is 1. The van der Waals surface area contributed by atoms with Crippen molar-refractivity contribution < 1.29 is 32.2 Å². The number of rotatable bonds is 8. The molecular formula is C23H30N2O7S. The molecule has 9 nitrogen and oxygen atoms in total. The van der Waals surface area contributed by atoms with Crippen molar-refractivity contribution in [2.45, 2.75) is 17.7 Å². The Labute approximate surface area is 194 Å². The van der Waals surface area contributed by atoms with Gasteiger partial charge in [-0.05, 0) is 37.1 Å². The predicted octanol–water partition coefficient (Wildman–Crippen LogP) is 2.78. The van der Waals surface area contributed by atoms with E-state index in [1.54, 1.807) is 43.3 Å². The van der Waals surface area contributed by atoms with Crippen LogP contribution in [-0.4, -0.2) is 67.2 Å². The van der Waals surface area contributed by atoms with Crippen LogP contribution in [0.15, 0.2) is 41.3 Å². The van der Waals surface area contributed by atoms with E-state index in [-0.39, 0.29) is 29.8 Å². The zero-order valence-electron chi connectivity index (χ0n) is 19.5. The number of methoxy groups -OCH3 is 4. The van der Waals surface area contributed by atoms with Crippen LogP contribution >= 0.6 is 0 Å². The third kappa shape index (κ3) is 5.01. The van der Waals surface area contributed by atoms with Gasteiger partial charge in [-0.15, -0.1) is 0 Å². The van der Waals surface area contributed by atoms with E-state index in [1.807, 2.05) is 0 Å². The first-order chi connectivity index (χ1) is 15.8. The Hall–Kier alpha value is -2.98. The van der Waals surface area contributed by atoms with Gasteiger partial charge in [-0.3, -0.25) is 4.79 Å². The van der Waals surface area contributed by atoms with Crippen molar-refractivity contribution in [1.82, 2.24) is 4.31 Å². The van der Waals surface area contributed by atoms with Gasteiger partial charge in [0.25, 0.3) is 0 Å². The Morgan fingerprint density at radius 3 is 1.91 bits per heavy atom. The molecule has 3 rings (SSSR count). The number of piperidine rings is 1. The normalized spacial score (nSPS) is 15.1. The fraction of sp³-hybridized carbons (Fsp3) is 0.435. The first kappa shape index (κ1) is 24.7. The fourth-order valence-electron chi connectivity index (χ4n) is 3.90. The zero-order chi connectivity index (χ0) is 24.2. The van der Waals surface area contributed by atoms with E-state index < -0.39 is 10.0 Å². The van der Waals surface area contributed by atoms with E-state index in [1.165, 1.54) is 37.8 Å². The van der Waals surface area contributed by atoms with Crippen LogP contribution in [0.3, 0.4) is 0 Å². The number of hydrogen-bond acceptors (Lipinski definition) is 7. The van der Waals surface area contributed by atoms with E-state index in [9.17, 15) is 13.2 Å². The lowest BCUT2D eigenvalue weighted by Crippen LogP contribution is -2.43. The lowest BCUT2D eigenvalue weighted by molar-refractivity contribution is -0.123. The van der Waals surface area contributed by atoms with Gasteiger partial charge in [0.15, 0.2) is 23.0 Å². The molecule has 180 valence electrons. The predicted molar refractivity (Wildman–Crippen MR) is 124 cm³/mol. The molecule has 0 N–H and O–H groups in total. The van der Waals surface area contributed by atoms with E-state index in [0.29, 0.717) is 41.5 Å². The minimum atomic E-state index is -3.72.